The van der Waals surface area contributed by atoms with Gasteiger partial charge in [-0.1, -0.05) is 6.92 Å². The van der Waals surface area contributed by atoms with Crippen molar-refractivity contribution < 1.29 is 13.2 Å². The third kappa shape index (κ3) is 3.99. The number of aromatic nitrogens is 1. The third-order valence-corrected chi connectivity index (χ3v) is 8.55. The molecule has 0 unspecified atom stereocenters. The minimum Gasteiger partial charge on any atom is -0.298 e. The van der Waals surface area contributed by atoms with E-state index in [1.54, 1.807) is 16.4 Å². The van der Waals surface area contributed by atoms with E-state index in [0.29, 0.717) is 29.7 Å². The number of benzene rings is 1. The molecule has 1 aliphatic carbocycles. The quantitative estimate of drug-likeness (QED) is 0.820. The van der Waals surface area contributed by atoms with E-state index in [-0.39, 0.29) is 10.8 Å². The van der Waals surface area contributed by atoms with E-state index in [9.17, 15) is 13.2 Å². The van der Waals surface area contributed by atoms with Crippen molar-refractivity contribution in [2.24, 2.45) is 5.92 Å². The van der Waals surface area contributed by atoms with Crippen LogP contribution < -0.4 is 5.32 Å². The summed E-state index contributed by atoms with van der Waals surface area (Å²) in [7, 11) is -3.50. The van der Waals surface area contributed by atoms with Gasteiger partial charge in [-0.2, -0.15) is 4.31 Å². The molecular formula is C20H25N3O3S2. The molecule has 1 aromatic carbocycles. The Hall–Kier alpha value is -1.77. The standard InChI is InChI=1S/C20H25N3O3S2/c1-14-10-12-23(13-11-14)28(25,26)16-8-6-15(7-9-16)19(24)22-20-21-17-4-2-3-5-18(17)27-20/h6-9,14H,2-5,10-13H2,1H3,(H,21,22,24). The van der Waals surface area contributed by atoms with Crippen LogP contribution in [-0.4, -0.2) is 36.7 Å². The van der Waals surface area contributed by atoms with Gasteiger partial charge in [0.05, 0.1) is 10.6 Å². The van der Waals surface area contributed by atoms with Crippen molar-refractivity contribution in [1.29, 1.82) is 0 Å². The molecule has 1 aromatic heterocycles. The van der Waals surface area contributed by atoms with Crippen molar-refractivity contribution in [3.8, 4) is 0 Å². The Morgan fingerprint density at radius 1 is 1.14 bits per heavy atom. The summed E-state index contributed by atoms with van der Waals surface area (Å²) in [6.45, 7) is 3.26. The van der Waals surface area contributed by atoms with Crippen molar-refractivity contribution in [2.75, 3.05) is 18.4 Å². The molecule has 1 fully saturated rings. The second kappa shape index (κ2) is 7.93. The Morgan fingerprint density at radius 3 is 2.50 bits per heavy atom. The van der Waals surface area contributed by atoms with Gasteiger partial charge in [0.15, 0.2) is 5.13 Å². The minimum absolute atomic E-state index is 0.239. The number of piperidine rings is 1. The Balaban J connectivity index is 1.45. The number of nitrogens with zero attached hydrogens (tertiary/aromatic N) is 2. The van der Waals surface area contributed by atoms with Crippen molar-refractivity contribution >= 4 is 32.4 Å². The van der Waals surface area contributed by atoms with Gasteiger partial charge in [0.1, 0.15) is 0 Å². The summed E-state index contributed by atoms with van der Waals surface area (Å²) >= 11 is 1.54. The molecule has 1 N–H and O–H groups in total. The third-order valence-electron chi connectivity index (χ3n) is 5.56. The van der Waals surface area contributed by atoms with E-state index < -0.39 is 10.0 Å². The van der Waals surface area contributed by atoms with Crippen LogP contribution in [0.3, 0.4) is 0 Å². The number of fused-ring (bicyclic) bond motifs is 1. The highest BCUT2D eigenvalue weighted by atomic mass is 32.2. The SMILES string of the molecule is CC1CCN(S(=O)(=O)c2ccc(C(=O)Nc3nc4c(s3)CCCC4)cc2)CC1. The predicted molar refractivity (Wildman–Crippen MR) is 110 cm³/mol. The zero-order valence-corrected chi connectivity index (χ0v) is 17.6. The van der Waals surface area contributed by atoms with Gasteiger partial charge in [-0.15, -0.1) is 11.3 Å². The zero-order chi connectivity index (χ0) is 19.7. The van der Waals surface area contributed by atoms with Gasteiger partial charge in [-0.3, -0.25) is 10.1 Å². The molecule has 28 heavy (non-hydrogen) atoms. The van der Waals surface area contributed by atoms with E-state index in [0.717, 1.165) is 37.8 Å². The first kappa shape index (κ1) is 19.5. The number of carbonyl (C=O) groups is 1. The summed E-state index contributed by atoms with van der Waals surface area (Å²) in [4.78, 5) is 18.5. The molecule has 2 aromatic rings. The molecule has 2 aliphatic rings. The summed E-state index contributed by atoms with van der Waals surface area (Å²) in [5, 5.41) is 3.47. The fourth-order valence-electron chi connectivity index (χ4n) is 3.73. The van der Waals surface area contributed by atoms with Crippen LogP contribution in [0, 0.1) is 5.92 Å². The molecule has 4 rings (SSSR count). The molecule has 1 amide bonds. The molecule has 2 heterocycles. The molecule has 6 nitrogen and oxygen atoms in total. The Morgan fingerprint density at radius 2 is 1.82 bits per heavy atom. The van der Waals surface area contributed by atoms with Crippen molar-refractivity contribution in [3.63, 3.8) is 0 Å². The number of aryl methyl sites for hydroxylation is 2. The summed E-state index contributed by atoms with van der Waals surface area (Å²) in [6.07, 6.45) is 6.10. The van der Waals surface area contributed by atoms with Gasteiger partial charge in [-0.25, -0.2) is 13.4 Å². The molecule has 150 valence electrons. The molecule has 0 spiro atoms. The predicted octanol–water partition coefficient (Wildman–Crippen LogP) is 3.69. The number of hydrogen-bond donors (Lipinski definition) is 1. The fraction of sp³-hybridized carbons (Fsp3) is 0.500. The van der Waals surface area contributed by atoms with Crippen LogP contribution in [0.25, 0.3) is 0 Å². The van der Waals surface area contributed by atoms with Crippen LogP contribution in [0.2, 0.25) is 0 Å². The summed E-state index contributed by atoms with van der Waals surface area (Å²) < 4.78 is 27.1. The highest BCUT2D eigenvalue weighted by Crippen LogP contribution is 2.30. The van der Waals surface area contributed by atoms with E-state index in [2.05, 4.69) is 17.2 Å². The normalized spacial score (nSPS) is 18.6. The highest BCUT2D eigenvalue weighted by molar-refractivity contribution is 7.89. The molecule has 0 atom stereocenters. The second-order valence-electron chi connectivity index (χ2n) is 7.66. The monoisotopic (exact) mass is 419 g/mol. The smallest absolute Gasteiger partial charge is 0.257 e. The highest BCUT2D eigenvalue weighted by Gasteiger charge is 2.28. The molecule has 0 radical (unpaired) electrons. The maximum Gasteiger partial charge on any atom is 0.257 e. The zero-order valence-electron chi connectivity index (χ0n) is 16.0. The van der Waals surface area contributed by atoms with Crippen LogP contribution in [0.1, 0.15) is 53.5 Å². The van der Waals surface area contributed by atoms with Gasteiger partial charge in [0.25, 0.3) is 5.91 Å². The number of anilines is 1. The van der Waals surface area contributed by atoms with Crippen LogP contribution in [-0.2, 0) is 22.9 Å². The average Bonchev–Trinajstić information content (AvgIpc) is 3.10. The summed E-state index contributed by atoms with van der Waals surface area (Å²) in [5.41, 5.74) is 1.53. The van der Waals surface area contributed by atoms with Gasteiger partial charge < -0.3 is 0 Å². The van der Waals surface area contributed by atoms with Crippen molar-refractivity contribution in [2.45, 2.75) is 50.3 Å². The van der Waals surface area contributed by atoms with Crippen molar-refractivity contribution in [3.05, 3.63) is 40.4 Å². The molecule has 0 bridgehead atoms. The summed E-state index contributed by atoms with van der Waals surface area (Å²) in [6, 6.07) is 6.19. The molecule has 0 saturated carbocycles. The maximum atomic E-state index is 12.8. The van der Waals surface area contributed by atoms with Crippen LogP contribution in [0.15, 0.2) is 29.2 Å². The first-order valence-corrected chi connectivity index (χ1v) is 12.1. The topological polar surface area (TPSA) is 79.4 Å². The van der Waals surface area contributed by atoms with Gasteiger partial charge in [-0.05, 0) is 68.7 Å². The minimum atomic E-state index is -3.50. The maximum absolute atomic E-state index is 12.8. The Kier molecular flexibility index (Phi) is 5.53. The lowest BCUT2D eigenvalue weighted by Gasteiger charge is -2.29. The number of sulfonamides is 1. The number of amides is 1. The van der Waals surface area contributed by atoms with Crippen molar-refractivity contribution in [1.82, 2.24) is 9.29 Å². The molecule has 1 aliphatic heterocycles. The molecule has 8 heteroatoms. The number of carbonyl (C=O) groups excluding carboxylic acids is 1. The number of nitrogens with one attached hydrogen (secondary N) is 1. The Bertz CT molecular complexity index is 936. The first-order chi connectivity index (χ1) is 13.4. The van der Waals surface area contributed by atoms with E-state index >= 15 is 0 Å². The first-order valence-electron chi connectivity index (χ1n) is 9.83. The van der Waals surface area contributed by atoms with Gasteiger partial charge in [0.2, 0.25) is 10.0 Å². The molecule has 1 saturated heterocycles. The average molecular weight is 420 g/mol. The summed E-state index contributed by atoms with van der Waals surface area (Å²) in [5.74, 6) is 0.302. The van der Waals surface area contributed by atoms with Crippen LogP contribution >= 0.6 is 11.3 Å². The fourth-order valence-corrected chi connectivity index (χ4v) is 6.24. The Labute approximate surface area is 170 Å². The second-order valence-corrected chi connectivity index (χ2v) is 10.7. The van der Waals surface area contributed by atoms with Crippen LogP contribution in [0.5, 0.6) is 0 Å². The number of hydrogen-bond acceptors (Lipinski definition) is 5. The number of rotatable bonds is 4. The van der Waals surface area contributed by atoms with E-state index in [1.165, 1.54) is 34.8 Å². The van der Waals surface area contributed by atoms with Gasteiger partial charge in [0, 0.05) is 23.5 Å². The lowest BCUT2D eigenvalue weighted by atomic mass is 10.0. The lowest BCUT2D eigenvalue weighted by Crippen LogP contribution is -2.37. The van der Waals surface area contributed by atoms with E-state index in [4.69, 9.17) is 0 Å². The number of thiazole rings is 1. The lowest BCUT2D eigenvalue weighted by molar-refractivity contribution is 0.102. The molecular weight excluding hydrogens is 394 g/mol. The van der Waals surface area contributed by atoms with Crippen LogP contribution in [0.4, 0.5) is 5.13 Å². The van der Waals surface area contributed by atoms with Gasteiger partial charge >= 0.3 is 0 Å². The largest absolute Gasteiger partial charge is 0.298 e. The van der Waals surface area contributed by atoms with E-state index in [1.807, 2.05) is 0 Å².